The summed E-state index contributed by atoms with van der Waals surface area (Å²) in [5.41, 5.74) is 3.60. The highest BCUT2D eigenvalue weighted by Crippen LogP contribution is 2.21. The van der Waals surface area contributed by atoms with Crippen molar-refractivity contribution in [1.29, 1.82) is 0 Å². The molecule has 266 valence electrons. The molecule has 2 atom stereocenters. The lowest BCUT2D eigenvalue weighted by Gasteiger charge is -2.25. The van der Waals surface area contributed by atoms with Crippen LogP contribution in [0.15, 0.2) is 133 Å². The van der Waals surface area contributed by atoms with Gasteiger partial charge >= 0.3 is 0 Å². The molecule has 0 aliphatic carbocycles. The van der Waals surface area contributed by atoms with E-state index < -0.39 is 23.9 Å². The number of anilines is 2. The Morgan fingerprint density at radius 2 is 0.827 bits per heavy atom. The summed E-state index contributed by atoms with van der Waals surface area (Å²) in [6.45, 7) is 0. The minimum atomic E-state index is -0.877. The maximum atomic E-state index is 13.8. The fraction of sp³-hybridized carbons (Fsp3) is 0.190. The van der Waals surface area contributed by atoms with Gasteiger partial charge in [0.1, 0.15) is 23.6 Å². The van der Waals surface area contributed by atoms with Crippen molar-refractivity contribution in [2.75, 3.05) is 38.1 Å². The van der Waals surface area contributed by atoms with Gasteiger partial charge in [0.15, 0.2) is 0 Å². The van der Waals surface area contributed by atoms with Crippen molar-refractivity contribution in [2.24, 2.45) is 0 Å². The maximum absolute atomic E-state index is 13.8. The topological polar surface area (TPSA) is 117 Å². The molecule has 0 heterocycles. The number of hydrogen-bond donors (Lipinski definition) is 2. The molecule has 10 heteroatoms. The van der Waals surface area contributed by atoms with Gasteiger partial charge in [0.2, 0.25) is 11.8 Å². The van der Waals surface area contributed by atoms with E-state index in [9.17, 15) is 19.2 Å². The van der Waals surface area contributed by atoms with Crippen LogP contribution in [0, 0.1) is 0 Å². The molecule has 0 bridgehead atoms. The van der Waals surface area contributed by atoms with Gasteiger partial charge in [-0.05, 0) is 83.9 Å². The predicted octanol–water partition coefficient (Wildman–Crippen LogP) is 5.71. The minimum absolute atomic E-state index is 0.269. The zero-order chi connectivity index (χ0) is 37.0. The molecule has 2 N–H and O–H groups in total. The number of likely N-dealkylation sites (N-methyl/N-ethyl adjacent to an activating group) is 2. The Hall–Kier alpha value is -6.42. The summed E-state index contributed by atoms with van der Waals surface area (Å²) in [6.07, 6.45) is 0.544. The fourth-order valence-corrected chi connectivity index (χ4v) is 5.69. The number of methoxy groups -OCH3 is 2. The van der Waals surface area contributed by atoms with Crippen molar-refractivity contribution in [2.45, 2.75) is 24.9 Å². The number of ether oxygens (including phenoxy) is 2. The average Bonchev–Trinajstić information content (AvgIpc) is 3.20. The maximum Gasteiger partial charge on any atom is 0.251 e. The van der Waals surface area contributed by atoms with Gasteiger partial charge < -0.3 is 29.9 Å². The second-order valence-electron chi connectivity index (χ2n) is 12.2. The summed E-state index contributed by atoms with van der Waals surface area (Å²) in [7, 11) is 6.46. The molecular weight excluding hydrogens is 656 g/mol. The zero-order valence-electron chi connectivity index (χ0n) is 29.6. The minimum Gasteiger partial charge on any atom is -0.497 e. The number of carbonyl (C=O) groups excluding carboxylic acids is 4. The van der Waals surface area contributed by atoms with Crippen molar-refractivity contribution in [3.63, 3.8) is 0 Å². The summed E-state index contributed by atoms with van der Waals surface area (Å²) >= 11 is 0. The molecule has 5 rings (SSSR count). The number of carbonyl (C=O) groups is 4. The molecule has 0 fully saturated rings. The van der Waals surface area contributed by atoms with Gasteiger partial charge in [-0.3, -0.25) is 19.2 Å². The van der Waals surface area contributed by atoms with E-state index in [-0.39, 0.29) is 35.8 Å². The third-order valence-electron chi connectivity index (χ3n) is 8.76. The summed E-state index contributed by atoms with van der Waals surface area (Å²) < 4.78 is 10.5. The molecule has 5 aromatic rings. The van der Waals surface area contributed by atoms with Crippen LogP contribution in [0.1, 0.15) is 31.8 Å². The van der Waals surface area contributed by atoms with Crippen LogP contribution >= 0.6 is 0 Å². The second-order valence-corrected chi connectivity index (χ2v) is 12.2. The number of benzene rings is 5. The molecular formula is C42H42N4O6. The Bertz CT molecular complexity index is 1810. The van der Waals surface area contributed by atoms with Crippen molar-refractivity contribution in [3.8, 4) is 11.5 Å². The highest BCUT2D eigenvalue weighted by molar-refractivity contribution is 6.04. The van der Waals surface area contributed by atoms with E-state index in [1.54, 1.807) is 76.8 Å². The molecule has 0 aliphatic heterocycles. The molecule has 52 heavy (non-hydrogen) atoms. The Balaban J connectivity index is 1.30. The van der Waals surface area contributed by atoms with Gasteiger partial charge in [0, 0.05) is 49.4 Å². The summed E-state index contributed by atoms with van der Waals surface area (Å²) in [4.78, 5) is 57.6. The summed E-state index contributed by atoms with van der Waals surface area (Å²) in [5, 5.41) is 5.80. The van der Waals surface area contributed by atoms with E-state index in [2.05, 4.69) is 10.6 Å². The molecule has 0 aromatic heterocycles. The lowest BCUT2D eigenvalue weighted by molar-refractivity contribution is -0.120. The highest BCUT2D eigenvalue weighted by Gasteiger charge is 2.28. The van der Waals surface area contributed by atoms with Crippen LogP contribution in [0.5, 0.6) is 11.5 Å². The number of nitrogens with one attached hydrogen (secondary N) is 2. The number of hydrogen-bond acceptors (Lipinski definition) is 6. The standard InChI is InChI=1S/C42H42N4O6/c1-45(33-19-23-35(51-3)24-20-33)41(49)37(27-29-11-7-5-8-12-29)43-39(47)31-15-17-32(18-16-31)40(48)44-38(28-30-13-9-6-10-14-30)42(50)46(2)34-21-25-36(52-4)26-22-34/h5-26,37-38H,27-28H2,1-4H3,(H,43,47)(H,44,48)/t37-,38?/m0/s1. The van der Waals surface area contributed by atoms with Crippen molar-refractivity contribution in [1.82, 2.24) is 10.6 Å². The molecule has 4 amide bonds. The van der Waals surface area contributed by atoms with Crippen LogP contribution in [0.3, 0.4) is 0 Å². The van der Waals surface area contributed by atoms with Gasteiger partial charge in [-0.2, -0.15) is 0 Å². The monoisotopic (exact) mass is 698 g/mol. The van der Waals surface area contributed by atoms with Crippen LogP contribution in [-0.2, 0) is 22.4 Å². The van der Waals surface area contributed by atoms with Gasteiger partial charge in [-0.15, -0.1) is 0 Å². The second kappa shape index (κ2) is 17.5. The first kappa shape index (κ1) is 36.9. The van der Waals surface area contributed by atoms with E-state index in [0.717, 1.165) is 11.1 Å². The largest absolute Gasteiger partial charge is 0.497 e. The van der Waals surface area contributed by atoms with Crippen LogP contribution in [0.25, 0.3) is 0 Å². The molecule has 1 unspecified atom stereocenters. The summed E-state index contributed by atoms with van der Waals surface area (Å²) in [5.74, 6) is -0.213. The first-order valence-corrected chi connectivity index (χ1v) is 16.8. The number of rotatable bonds is 14. The first-order chi connectivity index (χ1) is 25.2. The molecule has 0 aliphatic rings. The third kappa shape index (κ3) is 9.42. The SMILES string of the molecule is COc1ccc(N(C)C(=O)C(Cc2ccccc2)NC(=O)c2ccc(C(=O)N[C@@H](Cc3ccccc3)C(=O)N(C)c3ccc(OC)cc3)cc2)cc1. The Morgan fingerprint density at radius 1 is 0.500 bits per heavy atom. The van der Waals surface area contributed by atoms with Crippen molar-refractivity contribution in [3.05, 3.63) is 156 Å². The lowest BCUT2D eigenvalue weighted by atomic mass is 10.0. The molecule has 10 nitrogen and oxygen atoms in total. The molecule has 0 radical (unpaired) electrons. The summed E-state index contributed by atoms with van der Waals surface area (Å²) in [6, 6.07) is 37.4. The molecule has 0 saturated carbocycles. The zero-order valence-corrected chi connectivity index (χ0v) is 29.6. The highest BCUT2D eigenvalue weighted by atomic mass is 16.5. The van der Waals surface area contributed by atoms with E-state index >= 15 is 0 Å². The van der Waals surface area contributed by atoms with Crippen LogP contribution in [-0.4, -0.2) is 64.0 Å². The quantitative estimate of drug-likeness (QED) is 0.154. The molecule has 0 spiro atoms. The van der Waals surface area contributed by atoms with Crippen LogP contribution in [0.2, 0.25) is 0 Å². The molecule has 5 aromatic carbocycles. The van der Waals surface area contributed by atoms with Crippen molar-refractivity contribution < 1.29 is 28.7 Å². The third-order valence-corrected chi connectivity index (χ3v) is 8.76. The van der Waals surface area contributed by atoms with Gasteiger partial charge in [0.25, 0.3) is 11.8 Å². The smallest absolute Gasteiger partial charge is 0.251 e. The number of amides is 4. The van der Waals surface area contributed by atoms with E-state index in [4.69, 9.17) is 9.47 Å². The number of nitrogens with zero attached hydrogens (tertiary/aromatic N) is 2. The normalized spacial score (nSPS) is 11.8. The average molecular weight is 699 g/mol. The molecule has 0 saturated heterocycles. The van der Waals surface area contributed by atoms with E-state index in [0.29, 0.717) is 22.9 Å². The van der Waals surface area contributed by atoms with Crippen LogP contribution in [0.4, 0.5) is 11.4 Å². The van der Waals surface area contributed by atoms with Gasteiger partial charge in [-0.25, -0.2) is 0 Å². The predicted molar refractivity (Wildman–Crippen MR) is 202 cm³/mol. The fourth-order valence-electron chi connectivity index (χ4n) is 5.69. The Morgan fingerprint density at radius 3 is 1.13 bits per heavy atom. The Kier molecular flexibility index (Phi) is 12.4. The lowest BCUT2D eigenvalue weighted by Crippen LogP contribution is -2.49. The Labute approximate surface area is 304 Å². The van der Waals surface area contributed by atoms with Crippen molar-refractivity contribution >= 4 is 35.0 Å². The van der Waals surface area contributed by atoms with Gasteiger partial charge in [0.05, 0.1) is 14.2 Å². The van der Waals surface area contributed by atoms with Gasteiger partial charge in [-0.1, -0.05) is 60.7 Å². The van der Waals surface area contributed by atoms with Crippen LogP contribution < -0.4 is 29.9 Å². The first-order valence-electron chi connectivity index (χ1n) is 16.8. The van der Waals surface area contributed by atoms with E-state index in [1.165, 1.54) is 34.1 Å². The van der Waals surface area contributed by atoms with E-state index in [1.807, 2.05) is 60.7 Å².